The van der Waals surface area contributed by atoms with Crippen LogP contribution >= 0.6 is 0 Å². The second kappa shape index (κ2) is 5.45. The SMILES string of the molecule is CC(=O)c1c(C)[nH]c2ccc3c(c12)CN1CCc2cc(C)ccc2C1O3. The summed E-state index contributed by atoms with van der Waals surface area (Å²) < 4.78 is 6.46. The lowest BCUT2D eigenvalue weighted by molar-refractivity contribution is -0.00955. The molecule has 4 heteroatoms. The second-order valence-electron chi connectivity index (χ2n) is 7.54. The monoisotopic (exact) mass is 346 g/mol. The summed E-state index contributed by atoms with van der Waals surface area (Å²) in [5.74, 6) is 0.998. The third-order valence-corrected chi connectivity index (χ3v) is 5.73. The number of fused-ring (bicyclic) bond motifs is 6. The van der Waals surface area contributed by atoms with Crippen LogP contribution in [0.5, 0.6) is 5.75 Å². The molecule has 5 rings (SSSR count). The Balaban J connectivity index is 1.67. The highest BCUT2D eigenvalue weighted by Crippen LogP contribution is 2.43. The molecule has 132 valence electrons. The fraction of sp³-hybridized carbons (Fsp3) is 0.318. The minimum atomic E-state index is -0.0369. The number of benzene rings is 2. The molecule has 1 unspecified atom stereocenters. The van der Waals surface area contributed by atoms with Crippen LogP contribution in [0.4, 0.5) is 0 Å². The fourth-order valence-corrected chi connectivity index (χ4v) is 4.57. The molecule has 3 aromatic rings. The van der Waals surface area contributed by atoms with Crippen molar-refractivity contribution in [1.29, 1.82) is 0 Å². The van der Waals surface area contributed by atoms with E-state index in [0.717, 1.165) is 53.0 Å². The predicted octanol–water partition coefficient (Wildman–Crippen LogP) is 4.44. The molecule has 1 atom stereocenters. The molecule has 0 fully saturated rings. The van der Waals surface area contributed by atoms with Gasteiger partial charge in [0, 0.05) is 46.4 Å². The Morgan fingerprint density at radius 1 is 1.23 bits per heavy atom. The first-order valence-corrected chi connectivity index (χ1v) is 9.18. The number of hydrogen-bond donors (Lipinski definition) is 1. The van der Waals surface area contributed by atoms with Gasteiger partial charge in [-0.15, -0.1) is 0 Å². The molecule has 0 aliphatic carbocycles. The normalized spacial score (nSPS) is 18.8. The van der Waals surface area contributed by atoms with Gasteiger partial charge in [-0.05, 0) is 44.9 Å². The number of H-pyrrole nitrogens is 1. The van der Waals surface area contributed by atoms with Gasteiger partial charge < -0.3 is 9.72 Å². The van der Waals surface area contributed by atoms with Gasteiger partial charge in [0.25, 0.3) is 0 Å². The van der Waals surface area contributed by atoms with Crippen molar-refractivity contribution in [3.8, 4) is 5.75 Å². The standard InChI is InChI=1S/C22H22N2O2/c1-12-4-5-16-15(10-12)8-9-24-11-17-19(26-22(16)24)7-6-18-21(17)20(14(3)25)13(2)23-18/h4-7,10,22-23H,8-9,11H2,1-3H3. The summed E-state index contributed by atoms with van der Waals surface area (Å²) in [7, 11) is 0. The molecule has 0 spiro atoms. The van der Waals surface area contributed by atoms with Gasteiger partial charge >= 0.3 is 0 Å². The van der Waals surface area contributed by atoms with E-state index < -0.39 is 0 Å². The number of carbonyl (C=O) groups is 1. The van der Waals surface area contributed by atoms with Gasteiger partial charge in [0.15, 0.2) is 12.0 Å². The number of hydrogen-bond acceptors (Lipinski definition) is 3. The van der Waals surface area contributed by atoms with E-state index >= 15 is 0 Å². The molecule has 3 heterocycles. The van der Waals surface area contributed by atoms with Crippen molar-refractivity contribution in [3.05, 3.63) is 63.8 Å². The number of nitrogens with one attached hydrogen (secondary N) is 1. The Bertz CT molecular complexity index is 1060. The third kappa shape index (κ3) is 2.15. The number of carbonyl (C=O) groups excluding carboxylic acids is 1. The van der Waals surface area contributed by atoms with Gasteiger partial charge in [-0.1, -0.05) is 23.8 Å². The maximum atomic E-state index is 12.2. The number of ether oxygens (including phenoxy) is 1. The van der Waals surface area contributed by atoms with E-state index in [4.69, 9.17) is 4.74 Å². The molecule has 26 heavy (non-hydrogen) atoms. The maximum Gasteiger partial charge on any atom is 0.179 e. The van der Waals surface area contributed by atoms with Crippen LogP contribution in [0.3, 0.4) is 0 Å². The number of aromatic nitrogens is 1. The molecule has 2 aliphatic heterocycles. The van der Waals surface area contributed by atoms with Gasteiger partial charge in [0.1, 0.15) is 5.75 Å². The Kier molecular flexibility index (Phi) is 3.28. The summed E-state index contributed by atoms with van der Waals surface area (Å²) in [5, 5.41) is 1.03. The van der Waals surface area contributed by atoms with Crippen LogP contribution in [-0.4, -0.2) is 22.2 Å². The average Bonchev–Trinajstić information content (AvgIpc) is 2.96. The van der Waals surface area contributed by atoms with E-state index in [2.05, 4.69) is 35.0 Å². The van der Waals surface area contributed by atoms with Gasteiger partial charge in [-0.25, -0.2) is 0 Å². The van der Waals surface area contributed by atoms with Crippen molar-refractivity contribution in [1.82, 2.24) is 9.88 Å². The largest absolute Gasteiger partial charge is 0.471 e. The second-order valence-corrected chi connectivity index (χ2v) is 7.54. The number of Topliss-reactive ketones (excluding diaryl/α,β-unsaturated/α-hetero) is 1. The van der Waals surface area contributed by atoms with Crippen LogP contribution in [0.1, 0.15) is 51.5 Å². The number of rotatable bonds is 1. The Labute approximate surface area is 152 Å². The molecular weight excluding hydrogens is 324 g/mol. The van der Waals surface area contributed by atoms with Crippen LogP contribution in [-0.2, 0) is 13.0 Å². The van der Waals surface area contributed by atoms with Gasteiger partial charge in [0.05, 0.1) is 0 Å². The molecule has 4 nitrogen and oxygen atoms in total. The zero-order valence-corrected chi connectivity index (χ0v) is 15.3. The number of ketones is 1. The first-order valence-electron chi connectivity index (χ1n) is 9.18. The summed E-state index contributed by atoms with van der Waals surface area (Å²) in [6.07, 6.45) is 0.999. The molecule has 2 aliphatic rings. The van der Waals surface area contributed by atoms with Crippen LogP contribution in [0.15, 0.2) is 30.3 Å². The number of aromatic amines is 1. The minimum Gasteiger partial charge on any atom is -0.471 e. The van der Waals surface area contributed by atoms with E-state index in [-0.39, 0.29) is 12.0 Å². The summed E-state index contributed by atoms with van der Waals surface area (Å²) in [6.45, 7) is 7.52. The lowest BCUT2D eigenvalue weighted by atomic mass is 9.93. The first-order chi connectivity index (χ1) is 12.5. The Morgan fingerprint density at radius 2 is 2.08 bits per heavy atom. The third-order valence-electron chi connectivity index (χ3n) is 5.73. The molecule has 1 aromatic heterocycles. The lowest BCUT2D eigenvalue weighted by Crippen LogP contribution is -2.41. The predicted molar refractivity (Wildman–Crippen MR) is 102 cm³/mol. The van der Waals surface area contributed by atoms with Crippen LogP contribution in [0.25, 0.3) is 10.9 Å². The molecule has 0 radical (unpaired) electrons. The van der Waals surface area contributed by atoms with Crippen molar-refractivity contribution in [2.45, 2.75) is 40.0 Å². The quantitative estimate of drug-likeness (QED) is 0.663. The summed E-state index contributed by atoms with van der Waals surface area (Å²) in [5.41, 5.74) is 7.83. The van der Waals surface area contributed by atoms with E-state index in [1.165, 1.54) is 16.7 Å². The van der Waals surface area contributed by atoms with Gasteiger partial charge in [-0.2, -0.15) is 0 Å². The smallest absolute Gasteiger partial charge is 0.179 e. The highest BCUT2D eigenvalue weighted by Gasteiger charge is 2.35. The molecule has 0 saturated heterocycles. The Morgan fingerprint density at radius 3 is 2.88 bits per heavy atom. The summed E-state index contributed by atoms with van der Waals surface area (Å²) >= 11 is 0. The van der Waals surface area contributed by atoms with E-state index in [1.807, 2.05) is 19.1 Å². The van der Waals surface area contributed by atoms with Crippen molar-refractivity contribution in [2.75, 3.05) is 6.54 Å². The highest BCUT2D eigenvalue weighted by molar-refractivity contribution is 6.09. The summed E-state index contributed by atoms with van der Waals surface area (Å²) in [4.78, 5) is 18.0. The van der Waals surface area contributed by atoms with E-state index in [9.17, 15) is 4.79 Å². The lowest BCUT2D eigenvalue weighted by Gasteiger charge is -2.41. The molecule has 0 amide bonds. The molecule has 0 saturated carbocycles. The van der Waals surface area contributed by atoms with Crippen molar-refractivity contribution < 1.29 is 9.53 Å². The van der Waals surface area contributed by atoms with Gasteiger partial charge in [-0.3, -0.25) is 9.69 Å². The van der Waals surface area contributed by atoms with Gasteiger partial charge in [0.2, 0.25) is 0 Å². The minimum absolute atomic E-state index is 0.0369. The van der Waals surface area contributed by atoms with E-state index in [1.54, 1.807) is 6.92 Å². The average molecular weight is 346 g/mol. The van der Waals surface area contributed by atoms with Crippen molar-refractivity contribution in [2.24, 2.45) is 0 Å². The molecular formula is C22H22N2O2. The molecule has 1 N–H and O–H groups in total. The first kappa shape index (κ1) is 15.6. The van der Waals surface area contributed by atoms with Crippen LogP contribution in [0, 0.1) is 13.8 Å². The molecule has 0 bridgehead atoms. The number of aryl methyl sites for hydroxylation is 2. The van der Waals surface area contributed by atoms with E-state index in [0.29, 0.717) is 0 Å². The fourth-order valence-electron chi connectivity index (χ4n) is 4.57. The molecule has 2 aromatic carbocycles. The van der Waals surface area contributed by atoms with Crippen molar-refractivity contribution >= 4 is 16.7 Å². The zero-order chi connectivity index (χ0) is 18.0. The number of nitrogens with zero attached hydrogens (tertiary/aromatic N) is 1. The summed E-state index contributed by atoms with van der Waals surface area (Å²) in [6, 6.07) is 10.7. The zero-order valence-electron chi connectivity index (χ0n) is 15.3. The topological polar surface area (TPSA) is 45.3 Å². The maximum absolute atomic E-state index is 12.2. The van der Waals surface area contributed by atoms with Crippen LogP contribution < -0.4 is 4.74 Å². The van der Waals surface area contributed by atoms with Crippen LogP contribution in [0.2, 0.25) is 0 Å². The Hall–Kier alpha value is -2.59. The highest BCUT2D eigenvalue weighted by atomic mass is 16.5. The van der Waals surface area contributed by atoms with Crippen molar-refractivity contribution in [3.63, 3.8) is 0 Å².